The molecule has 0 saturated carbocycles. The monoisotopic (exact) mass is 290 g/mol. The Balaban J connectivity index is 2.44. The van der Waals surface area contributed by atoms with Gasteiger partial charge in [0.15, 0.2) is 0 Å². The first-order chi connectivity index (χ1) is 8.58. The third kappa shape index (κ3) is 4.85. The molecule has 4 N–H and O–H groups in total. The van der Waals surface area contributed by atoms with E-state index in [0.717, 1.165) is 12.2 Å². The Morgan fingerprint density at radius 2 is 2.00 bits per heavy atom. The van der Waals surface area contributed by atoms with Gasteiger partial charge in [0.05, 0.1) is 5.69 Å². The molecule has 102 valence electrons. The maximum atomic E-state index is 11.9. The van der Waals surface area contributed by atoms with Gasteiger partial charge in [-0.2, -0.15) is 11.8 Å². The number of thioether (sulfide) groups is 1. The highest BCUT2D eigenvalue weighted by Gasteiger charge is 2.15. The number of nitrogens with two attached hydrogens (primary N) is 1. The van der Waals surface area contributed by atoms with Crippen molar-refractivity contribution in [1.82, 2.24) is 4.72 Å². The van der Waals surface area contributed by atoms with Crippen LogP contribution < -0.4 is 10.5 Å². The predicted molar refractivity (Wildman–Crippen MR) is 75.1 cm³/mol. The molecule has 0 aromatic heterocycles. The number of hydrogen-bond acceptors (Lipinski definition) is 5. The maximum Gasteiger partial charge on any atom is 0.242 e. The van der Waals surface area contributed by atoms with Gasteiger partial charge in [0, 0.05) is 18.9 Å². The summed E-state index contributed by atoms with van der Waals surface area (Å²) in [7, 11) is -3.52. The van der Waals surface area contributed by atoms with Crippen LogP contribution in [0.2, 0.25) is 0 Å². The van der Waals surface area contributed by atoms with Gasteiger partial charge in [-0.1, -0.05) is 12.1 Å². The Hall–Kier alpha value is -0.760. The number of aliphatic hydroxyl groups excluding tert-OH is 1. The smallest absolute Gasteiger partial charge is 0.242 e. The second kappa shape index (κ2) is 7.63. The molecule has 0 fully saturated rings. The quantitative estimate of drug-likeness (QED) is 0.483. The van der Waals surface area contributed by atoms with Gasteiger partial charge in [-0.05, 0) is 24.3 Å². The van der Waals surface area contributed by atoms with E-state index in [4.69, 9.17) is 10.8 Å². The lowest BCUT2D eigenvalue weighted by Crippen LogP contribution is -2.26. The molecule has 0 spiro atoms. The molecule has 5 nitrogen and oxygen atoms in total. The van der Waals surface area contributed by atoms with E-state index in [2.05, 4.69) is 4.72 Å². The first kappa shape index (κ1) is 15.3. The summed E-state index contributed by atoms with van der Waals surface area (Å²) >= 11 is 1.60. The molecule has 1 aromatic carbocycles. The summed E-state index contributed by atoms with van der Waals surface area (Å²) in [4.78, 5) is 0.116. The molecule has 0 radical (unpaired) electrons. The Kier molecular flexibility index (Phi) is 6.48. The third-order valence-corrected chi connectivity index (χ3v) is 4.80. The second-order valence-corrected chi connectivity index (χ2v) is 6.59. The Morgan fingerprint density at radius 1 is 1.28 bits per heavy atom. The molecular formula is C11H18N2O3S2. The van der Waals surface area contributed by atoms with Crippen LogP contribution in [0.15, 0.2) is 29.2 Å². The zero-order valence-electron chi connectivity index (χ0n) is 10.0. The molecule has 0 saturated heterocycles. The molecule has 18 heavy (non-hydrogen) atoms. The van der Waals surface area contributed by atoms with Crippen LogP contribution in [0.5, 0.6) is 0 Å². The fourth-order valence-electron chi connectivity index (χ4n) is 1.32. The number of hydrogen-bond donors (Lipinski definition) is 3. The highest BCUT2D eigenvalue weighted by Crippen LogP contribution is 2.16. The van der Waals surface area contributed by atoms with E-state index in [0.29, 0.717) is 12.3 Å². The van der Waals surface area contributed by atoms with E-state index in [1.807, 2.05) is 0 Å². The lowest BCUT2D eigenvalue weighted by atomic mass is 10.3. The molecule has 0 atom stereocenters. The number of benzene rings is 1. The van der Waals surface area contributed by atoms with Crippen LogP contribution in [-0.4, -0.2) is 38.2 Å². The predicted octanol–water partition coefficient (Wildman–Crippen LogP) is 0.663. The summed E-state index contributed by atoms with van der Waals surface area (Å²) in [6.45, 7) is 0.520. The maximum absolute atomic E-state index is 11.9. The molecule has 0 amide bonds. The van der Waals surface area contributed by atoms with Crippen molar-refractivity contribution in [2.45, 2.75) is 11.3 Å². The molecule has 1 rings (SSSR count). The summed E-state index contributed by atoms with van der Waals surface area (Å²) in [5.41, 5.74) is 5.87. The fraction of sp³-hybridized carbons (Fsp3) is 0.455. The van der Waals surface area contributed by atoms with E-state index < -0.39 is 10.0 Å². The van der Waals surface area contributed by atoms with Crippen molar-refractivity contribution >= 4 is 27.5 Å². The normalized spacial score (nSPS) is 11.6. The fourth-order valence-corrected chi connectivity index (χ4v) is 3.40. The zero-order valence-corrected chi connectivity index (χ0v) is 11.6. The van der Waals surface area contributed by atoms with E-state index in [9.17, 15) is 8.42 Å². The van der Waals surface area contributed by atoms with Gasteiger partial charge in [0.25, 0.3) is 0 Å². The number of rotatable bonds is 8. The summed E-state index contributed by atoms with van der Waals surface area (Å²) in [5.74, 6) is 1.50. The van der Waals surface area contributed by atoms with Crippen molar-refractivity contribution in [2.75, 3.05) is 30.4 Å². The van der Waals surface area contributed by atoms with Gasteiger partial charge in [0.2, 0.25) is 10.0 Å². The topological polar surface area (TPSA) is 92.4 Å². The van der Waals surface area contributed by atoms with E-state index in [1.54, 1.807) is 30.0 Å². The van der Waals surface area contributed by atoms with Crippen LogP contribution in [-0.2, 0) is 10.0 Å². The lowest BCUT2D eigenvalue weighted by Gasteiger charge is -2.08. The Bertz CT molecular complexity index is 463. The number of anilines is 1. The van der Waals surface area contributed by atoms with Crippen molar-refractivity contribution in [3.05, 3.63) is 24.3 Å². The SMILES string of the molecule is Nc1ccccc1S(=O)(=O)NCCSCCCO. The van der Waals surface area contributed by atoms with E-state index in [1.165, 1.54) is 6.07 Å². The Morgan fingerprint density at radius 3 is 2.67 bits per heavy atom. The molecule has 1 aromatic rings. The number of para-hydroxylation sites is 1. The summed E-state index contributed by atoms with van der Waals surface area (Å²) in [6, 6.07) is 6.38. The van der Waals surface area contributed by atoms with Gasteiger partial charge in [-0.3, -0.25) is 0 Å². The zero-order chi connectivity index (χ0) is 13.4. The summed E-state index contributed by atoms with van der Waals surface area (Å²) in [5, 5.41) is 8.59. The molecular weight excluding hydrogens is 272 g/mol. The summed E-state index contributed by atoms with van der Waals surface area (Å²) < 4.78 is 26.3. The first-order valence-corrected chi connectivity index (χ1v) is 8.24. The number of aliphatic hydroxyl groups is 1. The van der Waals surface area contributed by atoms with Gasteiger partial charge >= 0.3 is 0 Å². The van der Waals surface area contributed by atoms with Crippen LogP contribution in [0, 0.1) is 0 Å². The molecule has 0 aliphatic rings. The third-order valence-electron chi connectivity index (χ3n) is 2.19. The summed E-state index contributed by atoms with van der Waals surface area (Å²) in [6.07, 6.45) is 0.725. The van der Waals surface area contributed by atoms with Gasteiger partial charge in [-0.25, -0.2) is 13.1 Å². The van der Waals surface area contributed by atoms with Crippen molar-refractivity contribution in [3.63, 3.8) is 0 Å². The van der Waals surface area contributed by atoms with E-state index in [-0.39, 0.29) is 17.2 Å². The average Bonchev–Trinajstić information content (AvgIpc) is 2.34. The number of nitrogen functional groups attached to an aromatic ring is 1. The minimum Gasteiger partial charge on any atom is -0.398 e. The van der Waals surface area contributed by atoms with Crippen molar-refractivity contribution in [1.29, 1.82) is 0 Å². The van der Waals surface area contributed by atoms with Gasteiger partial charge < -0.3 is 10.8 Å². The Labute approximate surface area is 112 Å². The highest BCUT2D eigenvalue weighted by atomic mass is 32.2. The van der Waals surface area contributed by atoms with Gasteiger partial charge in [0.1, 0.15) is 4.90 Å². The molecule has 0 aliphatic heterocycles. The molecule has 0 heterocycles. The van der Waals surface area contributed by atoms with Crippen LogP contribution in [0.3, 0.4) is 0 Å². The molecule has 7 heteroatoms. The van der Waals surface area contributed by atoms with Crippen molar-refractivity contribution in [2.24, 2.45) is 0 Å². The standard InChI is InChI=1S/C11H18N2O3S2/c12-10-4-1-2-5-11(10)18(15,16)13-6-9-17-8-3-7-14/h1-2,4-5,13-14H,3,6-9,12H2. The largest absolute Gasteiger partial charge is 0.398 e. The van der Waals surface area contributed by atoms with Crippen LogP contribution >= 0.6 is 11.8 Å². The molecule has 0 bridgehead atoms. The van der Waals surface area contributed by atoms with Crippen LogP contribution in [0.4, 0.5) is 5.69 Å². The van der Waals surface area contributed by atoms with E-state index >= 15 is 0 Å². The minimum absolute atomic E-state index is 0.116. The van der Waals surface area contributed by atoms with Gasteiger partial charge in [-0.15, -0.1) is 0 Å². The number of sulfonamides is 1. The highest BCUT2D eigenvalue weighted by molar-refractivity contribution is 7.99. The van der Waals surface area contributed by atoms with Crippen LogP contribution in [0.1, 0.15) is 6.42 Å². The second-order valence-electron chi connectivity index (χ2n) is 3.63. The van der Waals surface area contributed by atoms with Crippen molar-refractivity contribution < 1.29 is 13.5 Å². The first-order valence-electron chi connectivity index (χ1n) is 5.60. The van der Waals surface area contributed by atoms with Crippen molar-refractivity contribution in [3.8, 4) is 0 Å². The minimum atomic E-state index is -3.52. The molecule has 0 unspecified atom stereocenters. The number of nitrogens with one attached hydrogen (secondary N) is 1. The average molecular weight is 290 g/mol. The van der Waals surface area contributed by atoms with Crippen LogP contribution in [0.25, 0.3) is 0 Å². The molecule has 0 aliphatic carbocycles. The lowest BCUT2D eigenvalue weighted by molar-refractivity contribution is 0.296.